The van der Waals surface area contributed by atoms with Gasteiger partial charge in [0.2, 0.25) is 5.91 Å². The second kappa shape index (κ2) is 6.68. The van der Waals surface area contributed by atoms with Crippen molar-refractivity contribution in [1.29, 1.82) is 0 Å². The third kappa shape index (κ3) is 3.58. The van der Waals surface area contributed by atoms with E-state index in [0.29, 0.717) is 18.4 Å². The second-order valence-corrected chi connectivity index (χ2v) is 6.95. The molecule has 5 heteroatoms. The standard InChI is InChI=1S/C15H25N3OS/c1-10(2)14(16)15-17-12(9-20-15)8-13(19)18-7-5-4-6-11(18)3/h9-11,14H,4-8,16H2,1-3H3. The SMILES string of the molecule is CC(C)C(N)c1nc(CC(=O)N2CCCCC2C)cs1. The molecule has 2 unspecified atom stereocenters. The van der Waals surface area contributed by atoms with Crippen molar-refractivity contribution in [2.24, 2.45) is 11.7 Å². The lowest BCUT2D eigenvalue weighted by Crippen LogP contribution is -2.42. The highest BCUT2D eigenvalue weighted by molar-refractivity contribution is 7.09. The van der Waals surface area contributed by atoms with Gasteiger partial charge in [-0.05, 0) is 32.1 Å². The molecule has 1 amide bonds. The van der Waals surface area contributed by atoms with Crippen molar-refractivity contribution in [1.82, 2.24) is 9.88 Å². The quantitative estimate of drug-likeness (QED) is 0.929. The first-order valence-electron chi connectivity index (χ1n) is 7.48. The summed E-state index contributed by atoms with van der Waals surface area (Å²) in [6, 6.07) is 0.338. The summed E-state index contributed by atoms with van der Waals surface area (Å²) in [6.07, 6.45) is 3.88. The van der Waals surface area contributed by atoms with Gasteiger partial charge < -0.3 is 10.6 Å². The minimum atomic E-state index is -0.0298. The number of nitrogens with two attached hydrogens (primary N) is 1. The summed E-state index contributed by atoms with van der Waals surface area (Å²) >= 11 is 1.57. The first-order valence-corrected chi connectivity index (χ1v) is 8.36. The van der Waals surface area contributed by atoms with Crippen LogP contribution in [0.1, 0.15) is 56.8 Å². The highest BCUT2D eigenvalue weighted by Crippen LogP contribution is 2.23. The van der Waals surface area contributed by atoms with E-state index in [2.05, 4.69) is 25.8 Å². The molecule has 0 aromatic carbocycles. The number of thiazole rings is 1. The summed E-state index contributed by atoms with van der Waals surface area (Å²) in [4.78, 5) is 18.9. The van der Waals surface area contributed by atoms with Gasteiger partial charge in [0.1, 0.15) is 5.01 Å². The molecule has 0 bridgehead atoms. The number of carbonyl (C=O) groups is 1. The summed E-state index contributed by atoms with van der Waals surface area (Å²) in [5.41, 5.74) is 6.96. The van der Waals surface area contributed by atoms with Crippen LogP contribution in [0.3, 0.4) is 0 Å². The zero-order valence-electron chi connectivity index (χ0n) is 12.6. The van der Waals surface area contributed by atoms with Crippen molar-refractivity contribution in [3.8, 4) is 0 Å². The minimum Gasteiger partial charge on any atom is -0.340 e. The van der Waals surface area contributed by atoms with Crippen molar-refractivity contribution < 1.29 is 4.79 Å². The molecule has 1 aliphatic heterocycles. The summed E-state index contributed by atoms with van der Waals surface area (Å²) in [6.45, 7) is 7.21. The van der Waals surface area contributed by atoms with E-state index < -0.39 is 0 Å². The first-order chi connectivity index (χ1) is 9.49. The molecule has 4 nitrogen and oxygen atoms in total. The topological polar surface area (TPSA) is 59.2 Å². The fourth-order valence-corrected chi connectivity index (χ4v) is 3.56. The number of rotatable bonds is 4. The van der Waals surface area contributed by atoms with Gasteiger partial charge >= 0.3 is 0 Å². The Morgan fingerprint density at radius 2 is 2.30 bits per heavy atom. The predicted molar refractivity (Wildman–Crippen MR) is 82.6 cm³/mol. The van der Waals surface area contributed by atoms with E-state index in [-0.39, 0.29) is 11.9 Å². The van der Waals surface area contributed by atoms with Gasteiger partial charge in [-0.25, -0.2) is 4.98 Å². The smallest absolute Gasteiger partial charge is 0.228 e. The van der Waals surface area contributed by atoms with Crippen LogP contribution < -0.4 is 5.73 Å². The van der Waals surface area contributed by atoms with Crippen molar-refractivity contribution in [3.63, 3.8) is 0 Å². The lowest BCUT2D eigenvalue weighted by Gasteiger charge is -2.33. The van der Waals surface area contributed by atoms with Crippen LogP contribution in [-0.4, -0.2) is 28.4 Å². The molecule has 112 valence electrons. The minimum absolute atomic E-state index is 0.0298. The van der Waals surface area contributed by atoms with Gasteiger partial charge in [-0.1, -0.05) is 13.8 Å². The number of nitrogens with zero attached hydrogens (tertiary/aromatic N) is 2. The maximum absolute atomic E-state index is 12.4. The van der Waals surface area contributed by atoms with Gasteiger partial charge in [-0.3, -0.25) is 4.79 Å². The predicted octanol–water partition coefficient (Wildman–Crippen LogP) is 2.74. The van der Waals surface area contributed by atoms with Gasteiger partial charge in [0.25, 0.3) is 0 Å². The zero-order valence-corrected chi connectivity index (χ0v) is 13.4. The summed E-state index contributed by atoms with van der Waals surface area (Å²) in [7, 11) is 0. The maximum atomic E-state index is 12.4. The van der Waals surface area contributed by atoms with Crippen LogP contribution in [0.25, 0.3) is 0 Å². The van der Waals surface area contributed by atoms with E-state index in [4.69, 9.17) is 5.73 Å². The summed E-state index contributed by atoms with van der Waals surface area (Å²) in [5.74, 6) is 0.569. The molecule has 1 fully saturated rings. The number of hydrogen-bond donors (Lipinski definition) is 1. The molecule has 1 aromatic heterocycles. The van der Waals surface area contributed by atoms with Gasteiger partial charge in [-0.15, -0.1) is 11.3 Å². The highest BCUT2D eigenvalue weighted by Gasteiger charge is 2.24. The molecule has 0 radical (unpaired) electrons. The molecule has 2 heterocycles. The maximum Gasteiger partial charge on any atom is 0.228 e. The molecule has 0 saturated carbocycles. The number of hydrogen-bond acceptors (Lipinski definition) is 4. The largest absolute Gasteiger partial charge is 0.340 e. The number of likely N-dealkylation sites (tertiary alicyclic amines) is 1. The van der Waals surface area contributed by atoms with E-state index >= 15 is 0 Å². The molecule has 2 atom stereocenters. The number of piperidine rings is 1. The van der Waals surface area contributed by atoms with Crippen molar-refractivity contribution in [2.45, 2.75) is 58.5 Å². The molecule has 0 aliphatic carbocycles. The van der Waals surface area contributed by atoms with E-state index in [9.17, 15) is 4.79 Å². The average Bonchev–Trinajstić information content (AvgIpc) is 2.86. The van der Waals surface area contributed by atoms with E-state index in [1.165, 1.54) is 6.42 Å². The Balaban J connectivity index is 1.97. The molecular weight excluding hydrogens is 270 g/mol. The van der Waals surface area contributed by atoms with Crippen molar-refractivity contribution in [3.05, 3.63) is 16.1 Å². The van der Waals surface area contributed by atoms with Crippen molar-refractivity contribution in [2.75, 3.05) is 6.54 Å². The molecular formula is C15H25N3OS. The van der Waals surface area contributed by atoms with Crippen molar-refractivity contribution >= 4 is 17.2 Å². The molecule has 20 heavy (non-hydrogen) atoms. The first kappa shape index (κ1) is 15.4. The Morgan fingerprint density at radius 3 is 2.95 bits per heavy atom. The normalized spacial score (nSPS) is 21.2. The average molecular weight is 295 g/mol. The molecule has 1 aromatic rings. The van der Waals surface area contributed by atoms with Gasteiger partial charge in [0, 0.05) is 18.0 Å². The molecule has 0 spiro atoms. The Labute approximate surface area is 125 Å². The molecule has 1 aliphatic rings. The number of amides is 1. The van der Waals surface area contributed by atoms with Crippen LogP contribution >= 0.6 is 11.3 Å². The van der Waals surface area contributed by atoms with Crippen LogP contribution in [-0.2, 0) is 11.2 Å². The van der Waals surface area contributed by atoms with Gasteiger partial charge in [-0.2, -0.15) is 0 Å². The molecule has 1 saturated heterocycles. The third-order valence-corrected chi connectivity index (χ3v) is 5.02. The van der Waals surface area contributed by atoms with Crippen LogP contribution in [0.5, 0.6) is 0 Å². The van der Waals surface area contributed by atoms with Crippen LogP contribution in [0.4, 0.5) is 0 Å². The summed E-state index contributed by atoms with van der Waals surface area (Å²) < 4.78 is 0. The van der Waals surface area contributed by atoms with Crippen LogP contribution in [0, 0.1) is 5.92 Å². The zero-order chi connectivity index (χ0) is 14.7. The molecule has 2 rings (SSSR count). The number of carbonyl (C=O) groups excluding carboxylic acids is 1. The Kier molecular flexibility index (Phi) is 5.16. The lowest BCUT2D eigenvalue weighted by molar-refractivity contribution is -0.133. The lowest BCUT2D eigenvalue weighted by atomic mass is 10.0. The number of aromatic nitrogens is 1. The summed E-state index contributed by atoms with van der Waals surface area (Å²) in [5, 5.41) is 2.92. The van der Waals surface area contributed by atoms with Gasteiger partial charge in [0.15, 0.2) is 0 Å². The molecule has 2 N–H and O–H groups in total. The monoisotopic (exact) mass is 295 g/mol. The third-order valence-electron chi connectivity index (χ3n) is 4.03. The highest BCUT2D eigenvalue weighted by atomic mass is 32.1. The fraction of sp³-hybridized carbons (Fsp3) is 0.733. The van der Waals surface area contributed by atoms with Crippen LogP contribution in [0.2, 0.25) is 0 Å². The Bertz CT molecular complexity index is 458. The Morgan fingerprint density at radius 1 is 1.55 bits per heavy atom. The van der Waals surface area contributed by atoms with E-state index in [0.717, 1.165) is 30.1 Å². The van der Waals surface area contributed by atoms with E-state index in [1.54, 1.807) is 11.3 Å². The Hall–Kier alpha value is -0.940. The second-order valence-electron chi connectivity index (χ2n) is 6.06. The van der Waals surface area contributed by atoms with E-state index in [1.807, 2.05) is 10.3 Å². The fourth-order valence-electron chi connectivity index (χ4n) is 2.57. The van der Waals surface area contributed by atoms with Crippen LogP contribution in [0.15, 0.2) is 5.38 Å². The van der Waals surface area contributed by atoms with Gasteiger partial charge in [0.05, 0.1) is 18.2 Å².